The smallest absolute Gasteiger partial charge is 0.343 e. The second-order valence-electron chi connectivity index (χ2n) is 9.77. The Morgan fingerprint density at radius 1 is 1.00 bits per heavy atom. The maximum atomic E-state index is 13.4. The number of nitrogens with zero attached hydrogens (tertiary/aromatic N) is 2. The molecule has 0 radical (unpaired) electrons. The Bertz CT molecular complexity index is 1400. The normalized spacial score (nSPS) is 19.4. The molecule has 198 valence electrons. The van der Waals surface area contributed by atoms with Crippen LogP contribution < -0.4 is 28.6 Å². The quantitative estimate of drug-likeness (QED) is 0.430. The van der Waals surface area contributed by atoms with Gasteiger partial charge in [0.05, 0.1) is 20.3 Å². The maximum Gasteiger partial charge on any atom is 0.343 e. The van der Waals surface area contributed by atoms with E-state index in [9.17, 15) is 4.79 Å². The van der Waals surface area contributed by atoms with Crippen molar-refractivity contribution in [2.45, 2.75) is 18.6 Å². The highest BCUT2D eigenvalue weighted by Gasteiger charge is 2.46. The molecular weight excluding hydrogens is 488 g/mol. The molecule has 0 unspecified atom stereocenters. The van der Waals surface area contributed by atoms with E-state index in [2.05, 4.69) is 4.90 Å². The lowest BCUT2D eigenvalue weighted by Crippen LogP contribution is -2.36. The lowest BCUT2D eigenvalue weighted by atomic mass is 9.85. The number of esters is 1. The third-order valence-corrected chi connectivity index (χ3v) is 7.43. The number of carbonyl (C=O) groups is 1. The van der Waals surface area contributed by atoms with Crippen LogP contribution in [0.1, 0.15) is 39.2 Å². The lowest BCUT2D eigenvalue weighted by Gasteiger charge is -2.38. The minimum atomic E-state index is -0.583. The van der Waals surface area contributed by atoms with Crippen LogP contribution in [0.5, 0.6) is 34.5 Å². The summed E-state index contributed by atoms with van der Waals surface area (Å²) in [4.78, 5) is 17.6. The van der Waals surface area contributed by atoms with E-state index in [1.165, 1.54) is 0 Å². The Balaban J connectivity index is 1.44. The average molecular weight is 519 g/mol. The molecule has 0 N–H and O–H groups in total. The van der Waals surface area contributed by atoms with Gasteiger partial charge in [0.2, 0.25) is 12.5 Å². The van der Waals surface area contributed by atoms with Crippen LogP contribution in [0.2, 0.25) is 0 Å². The van der Waals surface area contributed by atoms with Gasteiger partial charge in [-0.2, -0.15) is 0 Å². The highest BCUT2D eigenvalue weighted by atomic mass is 16.7. The van der Waals surface area contributed by atoms with E-state index in [0.717, 1.165) is 35.3 Å². The summed E-state index contributed by atoms with van der Waals surface area (Å²) in [5.74, 6) is 2.80. The summed E-state index contributed by atoms with van der Waals surface area (Å²) in [6.07, 6.45) is 0.225. The molecule has 9 nitrogen and oxygen atoms in total. The third kappa shape index (κ3) is 3.77. The van der Waals surface area contributed by atoms with Crippen molar-refractivity contribution in [3.8, 4) is 34.5 Å². The van der Waals surface area contributed by atoms with E-state index < -0.39 is 12.1 Å². The van der Waals surface area contributed by atoms with E-state index in [1.807, 2.05) is 68.5 Å². The summed E-state index contributed by atoms with van der Waals surface area (Å²) in [5, 5.41) is 0. The number of cyclic esters (lactones) is 1. The maximum absolute atomic E-state index is 13.4. The van der Waals surface area contributed by atoms with E-state index in [4.69, 9.17) is 28.4 Å². The predicted molar refractivity (Wildman–Crippen MR) is 140 cm³/mol. The van der Waals surface area contributed by atoms with Gasteiger partial charge in [0, 0.05) is 37.5 Å². The number of rotatable bonds is 6. The Morgan fingerprint density at radius 2 is 1.79 bits per heavy atom. The zero-order valence-electron chi connectivity index (χ0n) is 22.1. The molecular formula is C29H30N2O7. The Kier molecular flexibility index (Phi) is 5.95. The van der Waals surface area contributed by atoms with Crippen LogP contribution in [-0.4, -0.2) is 59.6 Å². The van der Waals surface area contributed by atoms with E-state index in [1.54, 1.807) is 14.2 Å². The van der Waals surface area contributed by atoms with Gasteiger partial charge in [-0.1, -0.05) is 6.07 Å². The van der Waals surface area contributed by atoms with Gasteiger partial charge in [0.1, 0.15) is 17.4 Å². The van der Waals surface area contributed by atoms with Crippen LogP contribution in [0.3, 0.4) is 0 Å². The molecule has 0 bridgehead atoms. The predicted octanol–water partition coefficient (Wildman–Crippen LogP) is 4.73. The molecule has 6 rings (SSSR count). The second kappa shape index (κ2) is 9.33. The molecule has 3 aromatic carbocycles. The number of likely N-dealkylation sites (N-methyl/N-ethyl adjacent to an activating group) is 1. The Labute approximate surface area is 221 Å². The van der Waals surface area contributed by atoms with Crippen molar-refractivity contribution in [1.82, 2.24) is 4.90 Å². The lowest BCUT2D eigenvalue weighted by molar-refractivity contribution is 0.00876. The fraction of sp³-hybridized carbons (Fsp3) is 0.345. The number of fused-ring (bicyclic) bond motifs is 3. The van der Waals surface area contributed by atoms with Gasteiger partial charge in [0.25, 0.3) is 0 Å². The minimum absolute atomic E-state index is 0.145. The van der Waals surface area contributed by atoms with Crippen molar-refractivity contribution in [3.05, 3.63) is 64.7 Å². The molecule has 0 fully saturated rings. The minimum Gasteiger partial charge on any atom is -0.493 e. The SMILES string of the molecule is COc1ccc2c(c1Oc1ccc(N(C)C)cc1)C(=O)O[C@@H]2[C@H]1c2c(cc3c(c2OC)OCO3)CCN1C. The molecule has 2 atom stereocenters. The van der Waals surface area contributed by atoms with Crippen LogP contribution in [0.25, 0.3) is 0 Å². The first kappa shape index (κ1) is 24.2. The zero-order chi connectivity index (χ0) is 26.6. The van der Waals surface area contributed by atoms with Gasteiger partial charge in [-0.25, -0.2) is 4.79 Å². The number of hydrogen-bond acceptors (Lipinski definition) is 9. The molecule has 0 aliphatic carbocycles. The first-order valence-electron chi connectivity index (χ1n) is 12.5. The first-order chi connectivity index (χ1) is 18.4. The molecule has 3 aliphatic heterocycles. The molecule has 0 spiro atoms. The highest BCUT2D eigenvalue weighted by Crippen LogP contribution is 2.55. The highest BCUT2D eigenvalue weighted by molar-refractivity contribution is 5.98. The van der Waals surface area contributed by atoms with Gasteiger partial charge < -0.3 is 33.3 Å². The molecule has 3 heterocycles. The first-order valence-corrected chi connectivity index (χ1v) is 12.5. The molecule has 9 heteroatoms. The van der Waals surface area contributed by atoms with E-state index >= 15 is 0 Å². The summed E-state index contributed by atoms with van der Waals surface area (Å²) < 4.78 is 35.2. The number of anilines is 1. The zero-order valence-corrected chi connectivity index (χ0v) is 22.1. The number of methoxy groups -OCH3 is 2. The number of ether oxygens (including phenoxy) is 6. The molecule has 0 saturated heterocycles. The fourth-order valence-corrected chi connectivity index (χ4v) is 5.54. The average Bonchev–Trinajstić information content (AvgIpc) is 3.52. The van der Waals surface area contributed by atoms with Gasteiger partial charge in [-0.15, -0.1) is 0 Å². The van der Waals surface area contributed by atoms with Crippen molar-refractivity contribution in [2.75, 3.05) is 53.6 Å². The third-order valence-electron chi connectivity index (χ3n) is 7.43. The van der Waals surface area contributed by atoms with Crippen LogP contribution in [-0.2, 0) is 11.2 Å². The molecule has 3 aromatic rings. The molecule has 0 aromatic heterocycles. The van der Waals surface area contributed by atoms with Crippen molar-refractivity contribution in [1.29, 1.82) is 0 Å². The Hall–Kier alpha value is -4.11. The van der Waals surface area contributed by atoms with Crippen molar-refractivity contribution in [3.63, 3.8) is 0 Å². The van der Waals surface area contributed by atoms with Crippen molar-refractivity contribution >= 4 is 11.7 Å². The largest absolute Gasteiger partial charge is 0.493 e. The summed E-state index contributed by atoms with van der Waals surface area (Å²) in [6, 6.07) is 13.1. The summed E-state index contributed by atoms with van der Waals surface area (Å²) in [5.41, 5.74) is 4.17. The molecule has 0 amide bonds. The van der Waals surface area contributed by atoms with E-state index in [-0.39, 0.29) is 12.8 Å². The van der Waals surface area contributed by atoms with Crippen molar-refractivity contribution < 1.29 is 33.2 Å². The summed E-state index contributed by atoms with van der Waals surface area (Å²) in [6.45, 7) is 0.925. The van der Waals surface area contributed by atoms with Crippen molar-refractivity contribution in [2.24, 2.45) is 0 Å². The topological polar surface area (TPSA) is 78.9 Å². The molecule has 3 aliphatic rings. The standard InChI is InChI=1S/C29H30N2O7/c1-30(2)17-6-8-18(9-7-17)37-26-20(33-4)11-10-19-23(26)29(32)38-25(19)24-22-16(12-13-31(24)3)14-21-27(28(22)34-5)36-15-35-21/h6-11,14,24-25H,12-13,15H2,1-5H3/t24-,25+/m1/s1. The van der Waals surface area contributed by atoms with Crippen LogP contribution in [0, 0.1) is 0 Å². The second-order valence-corrected chi connectivity index (χ2v) is 9.77. The van der Waals surface area contributed by atoms with Crippen LogP contribution >= 0.6 is 0 Å². The van der Waals surface area contributed by atoms with E-state index in [0.29, 0.717) is 40.1 Å². The number of benzene rings is 3. The molecule has 0 saturated carbocycles. The van der Waals surface area contributed by atoms with Gasteiger partial charge in [0.15, 0.2) is 23.0 Å². The monoisotopic (exact) mass is 518 g/mol. The number of hydrogen-bond donors (Lipinski definition) is 0. The summed E-state index contributed by atoms with van der Waals surface area (Å²) in [7, 11) is 9.15. The summed E-state index contributed by atoms with van der Waals surface area (Å²) >= 11 is 0. The van der Waals surface area contributed by atoms with Gasteiger partial charge in [-0.05, 0) is 55.4 Å². The van der Waals surface area contributed by atoms with Gasteiger partial charge in [-0.3, -0.25) is 4.90 Å². The number of carbonyl (C=O) groups excluding carboxylic acids is 1. The fourth-order valence-electron chi connectivity index (χ4n) is 5.54. The molecule has 38 heavy (non-hydrogen) atoms. The van der Waals surface area contributed by atoms with Gasteiger partial charge >= 0.3 is 5.97 Å². The van der Waals surface area contributed by atoms with Crippen LogP contribution in [0.15, 0.2) is 42.5 Å². The Morgan fingerprint density at radius 3 is 2.50 bits per heavy atom. The van der Waals surface area contributed by atoms with Crippen LogP contribution in [0.4, 0.5) is 5.69 Å².